The summed E-state index contributed by atoms with van der Waals surface area (Å²) in [6.07, 6.45) is 0. The third-order valence-corrected chi connectivity index (χ3v) is 3.47. The number of rotatable bonds is 6. The van der Waals surface area contributed by atoms with Gasteiger partial charge in [-0.15, -0.1) is 0 Å². The van der Waals surface area contributed by atoms with Crippen molar-refractivity contribution >= 4 is 5.91 Å². The van der Waals surface area contributed by atoms with Gasteiger partial charge in [0.15, 0.2) is 11.5 Å². The fourth-order valence-electron chi connectivity index (χ4n) is 2.19. The van der Waals surface area contributed by atoms with Gasteiger partial charge in [0.25, 0.3) is 0 Å². The Labute approximate surface area is 126 Å². The van der Waals surface area contributed by atoms with Gasteiger partial charge >= 0.3 is 0 Å². The van der Waals surface area contributed by atoms with Crippen molar-refractivity contribution in [1.29, 1.82) is 0 Å². The smallest absolute Gasteiger partial charge is 0.236 e. The number of fused-ring (bicyclic) bond motifs is 1. The van der Waals surface area contributed by atoms with Gasteiger partial charge in [-0.3, -0.25) is 10.1 Å². The highest BCUT2D eigenvalue weighted by Gasteiger charge is 2.19. The first-order chi connectivity index (χ1) is 9.97. The van der Waals surface area contributed by atoms with E-state index in [-0.39, 0.29) is 24.8 Å². The summed E-state index contributed by atoms with van der Waals surface area (Å²) in [4.78, 5) is 12.0. The van der Waals surface area contributed by atoms with E-state index in [9.17, 15) is 4.79 Å². The molecule has 0 spiro atoms. The molecule has 5 nitrogen and oxygen atoms in total. The van der Waals surface area contributed by atoms with Crippen LogP contribution in [0.1, 0.15) is 39.3 Å². The van der Waals surface area contributed by atoms with Gasteiger partial charge in [0, 0.05) is 12.6 Å². The molecule has 1 aliphatic heterocycles. The minimum Gasteiger partial charge on any atom is -0.454 e. The summed E-state index contributed by atoms with van der Waals surface area (Å²) in [7, 11) is 0. The average Bonchev–Trinajstić information content (AvgIpc) is 2.91. The molecule has 1 aromatic carbocycles. The van der Waals surface area contributed by atoms with Gasteiger partial charge < -0.3 is 14.8 Å². The number of benzene rings is 1. The van der Waals surface area contributed by atoms with E-state index in [1.807, 2.05) is 32.0 Å². The van der Waals surface area contributed by atoms with Crippen LogP contribution in [0.2, 0.25) is 0 Å². The first kappa shape index (κ1) is 15.6. The van der Waals surface area contributed by atoms with Crippen molar-refractivity contribution in [3.63, 3.8) is 0 Å². The second-order valence-corrected chi connectivity index (χ2v) is 5.86. The molecule has 1 aliphatic rings. The summed E-state index contributed by atoms with van der Waals surface area (Å²) in [6, 6.07) is 5.66. The molecule has 0 saturated heterocycles. The fourth-order valence-corrected chi connectivity index (χ4v) is 2.19. The van der Waals surface area contributed by atoms with Crippen LogP contribution in [0.5, 0.6) is 11.5 Å². The van der Waals surface area contributed by atoms with Crippen molar-refractivity contribution in [1.82, 2.24) is 10.6 Å². The van der Waals surface area contributed by atoms with Crippen molar-refractivity contribution in [3.8, 4) is 11.5 Å². The van der Waals surface area contributed by atoms with Crippen molar-refractivity contribution < 1.29 is 14.3 Å². The van der Waals surface area contributed by atoms with Gasteiger partial charge in [-0.1, -0.05) is 19.9 Å². The Morgan fingerprint density at radius 2 is 1.90 bits per heavy atom. The van der Waals surface area contributed by atoms with E-state index in [0.717, 1.165) is 17.1 Å². The molecule has 0 aromatic heterocycles. The molecule has 21 heavy (non-hydrogen) atoms. The minimum absolute atomic E-state index is 0.0243. The Balaban J connectivity index is 1.91. The van der Waals surface area contributed by atoms with Gasteiger partial charge in [0.2, 0.25) is 12.7 Å². The Hall–Kier alpha value is -1.75. The monoisotopic (exact) mass is 292 g/mol. The topological polar surface area (TPSA) is 59.6 Å². The standard InChI is InChI=1S/C16H24N2O3/c1-10(2)8-17-16(19)12(4)18-11(3)13-5-6-14-15(7-13)21-9-20-14/h5-7,10-12,18H,8-9H2,1-4H3,(H,17,19). The Morgan fingerprint density at radius 1 is 1.19 bits per heavy atom. The third kappa shape index (κ3) is 4.11. The zero-order valence-corrected chi connectivity index (χ0v) is 13.1. The van der Waals surface area contributed by atoms with E-state index < -0.39 is 0 Å². The summed E-state index contributed by atoms with van der Waals surface area (Å²) >= 11 is 0. The van der Waals surface area contributed by atoms with Gasteiger partial charge in [-0.05, 0) is 37.5 Å². The number of nitrogens with one attached hydrogen (secondary N) is 2. The van der Waals surface area contributed by atoms with Crippen LogP contribution < -0.4 is 20.1 Å². The maximum absolute atomic E-state index is 12.0. The molecule has 1 heterocycles. The highest BCUT2D eigenvalue weighted by Crippen LogP contribution is 2.34. The van der Waals surface area contributed by atoms with Crippen molar-refractivity contribution in [2.45, 2.75) is 39.8 Å². The predicted molar refractivity (Wildman–Crippen MR) is 81.4 cm³/mol. The second kappa shape index (κ2) is 6.80. The third-order valence-electron chi connectivity index (χ3n) is 3.47. The molecule has 2 atom stereocenters. The number of amides is 1. The van der Waals surface area contributed by atoms with Crippen LogP contribution in [-0.2, 0) is 4.79 Å². The fraction of sp³-hybridized carbons (Fsp3) is 0.562. The van der Waals surface area contributed by atoms with Crippen molar-refractivity contribution in [2.24, 2.45) is 5.92 Å². The number of carbonyl (C=O) groups excluding carboxylic acids is 1. The lowest BCUT2D eigenvalue weighted by atomic mass is 10.1. The molecule has 2 unspecified atom stereocenters. The SMILES string of the molecule is CC(C)CNC(=O)C(C)NC(C)c1ccc2c(c1)OCO2. The highest BCUT2D eigenvalue weighted by atomic mass is 16.7. The normalized spacial score (nSPS) is 15.9. The maximum atomic E-state index is 12.0. The van der Waals surface area contributed by atoms with E-state index in [1.54, 1.807) is 0 Å². The summed E-state index contributed by atoms with van der Waals surface area (Å²) in [6.45, 7) is 9.03. The van der Waals surface area contributed by atoms with Crippen LogP contribution in [0.15, 0.2) is 18.2 Å². The Kier molecular flexibility index (Phi) is 5.07. The quantitative estimate of drug-likeness (QED) is 0.844. The van der Waals surface area contributed by atoms with Gasteiger partial charge in [-0.25, -0.2) is 0 Å². The molecule has 2 rings (SSSR count). The lowest BCUT2D eigenvalue weighted by molar-refractivity contribution is -0.123. The molecular weight excluding hydrogens is 268 g/mol. The highest BCUT2D eigenvalue weighted by molar-refractivity contribution is 5.81. The van der Waals surface area contributed by atoms with Crippen LogP contribution in [0, 0.1) is 5.92 Å². The number of carbonyl (C=O) groups is 1. The lowest BCUT2D eigenvalue weighted by Crippen LogP contribution is -2.44. The molecule has 1 aromatic rings. The average molecular weight is 292 g/mol. The zero-order valence-electron chi connectivity index (χ0n) is 13.1. The Morgan fingerprint density at radius 3 is 2.62 bits per heavy atom. The van der Waals surface area contributed by atoms with Crippen molar-refractivity contribution in [2.75, 3.05) is 13.3 Å². The first-order valence-electron chi connectivity index (χ1n) is 7.40. The molecule has 5 heteroatoms. The lowest BCUT2D eigenvalue weighted by Gasteiger charge is -2.20. The van der Waals surface area contributed by atoms with Gasteiger partial charge in [0.05, 0.1) is 6.04 Å². The number of ether oxygens (including phenoxy) is 2. The van der Waals surface area contributed by atoms with Crippen LogP contribution in [0.25, 0.3) is 0 Å². The predicted octanol–water partition coefficient (Wildman–Crippen LogP) is 2.23. The molecule has 0 bridgehead atoms. The summed E-state index contributed by atoms with van der Waals surface area (Å²) < 4.78 is 10.7. The molecule has 0 aliphatic carbocycles. The summed E-state index contributed by atoms with van der Waals surface area (Å²) in [5, 5.41) is 6.24. The van der Waals surface area contributed by atoms with E-state index in [2.05, 4.69) is 24.5 Å². The van der Waals surface area contributed by atoms with Crippen molar-refractivity contribution in [3.05, 3.63) is 23.8 Å². The van der Waals surface area contributed by atoms with E-state index in [4.69, 9.17) is 9.47 Å². The second-order valence-electron chi connectivity index (χ2n) is 5.86. The number of hydrogen-bond acceptors (Lipinski definition) is 4. The van der Waals surface area contributed by atoms with Crippen LogP contribution >= 0.6 is 0 Å². The van der Waals surface area contributed by atoms with E-state index >= 15 is 0 Å². The van der Waals surface area contributed by atoms with Crippen LogP contribution in [0.3, 0.4) is 0 Å². The molecule has 1 amide bonds. The van der Waals surface area contributed by atoms with Crippen LogP contribution in [-0.4, -0.2) is 25.3 Å². The summed E-state index contributed by atoms with van der Waals surface area (Å²) in [5.41, 5.74) is 1.07. The zero-order chi connectivity index (χ0) is 15.4. The van der Waals surface area contributed by atoms with E-state index in [1.165, 1.54) is 0 Å². The van der Waals surface area contributed by atoms with Gasteiger partial charge in [0.1, 0.15) is 0 Å². The molecule has 116 valence electrons. The maximum Gasteiger partial charge on any atom is 0.236 e. The largest absolute Gasteiger partial charge is 0.454 e. The van der Waals surface area contributed by atoms with Crippen LogP contribution in [0.4, 0.5) is 0 Å². The molecule has 0 fully saturated rings. The molecular formula is C16H24N2O3. The summed E-state index contributed by atoms with van der Waals surface area (Å²) in [5.74, 6) is 2.01. The molecule has 0 saturated carbocycles. The van der Waals surface area contributed by atoms with E-state index in [0.29, 0.717) is 12.5 Å². The molecule has 0 radical (unpaired) electrons. The minimum atomic E-state index is -0.246. The number of hydrogen-bond donors (Lipinski definition) is 2. The molecule has 2 N–H and O–H groups in total. The first-order valence-corrected chi connectivity index (χ1v) is 7.40. The van der Waals surface area contributed by atoms with Gasteiger partial charge in [-0.2, -0.15) is 0 Å². The Bertz CT molecular complexity index is 502.